The number of methoxy groups -OCH3 is 1. The maximum atomic E-state index is 13.1. The fourth-order valence-corrected chi connectivity index (χ4v) is 4.31. The van der Waals surface area contributed by atoms with Crippen molar-refractivity contribution in [3.05, 3.63) is 103 Å². The lowest BCUT2D eigenvalue weighted by molar-refractivity contribution is 0.252. The average Bonchev–Trinajstić information content (AvgIpc) is 2.85. The van der Waals surface area contributed by atoms with Crippen LogP contribution in [0.1, 0.15) is 11.1 Å². The number of aromatic amines is 1. The largest absolute Gasteiger partial charge is 0.495 e. The van der Waals surface area contributed by atoms with Gasteiger partial charge in [-0.15, -0.1) is 0 Å². The molecule has 186 valence electrons. The van der Waals surface area contributed by atoms with Gasteiger partial charge in [0.25, 0.3) is 5.56 Å². The Morgan fingerprint density at radius 1 is 1.03 bits per heavy atom. The quantitative estimate of drug-likeness (QED) is 0.311. The molecular weight excluding hydrogens is 503 g/mol. The highest BCUT2D eigenvalue weighted by Crippen LogP contribution is 2.27. The minimum atomic E-state index is -0.554. The number of benzene rings is 3. The van der Waals surface area contributed by atoms with Gasteiger partial charge in [-0.3, -0.25) is 9.36 Å². The summed E-state index contributed by atoms with van der Waals surface area (Å²) in [7, 11) is 1.44. The topological polar surface area (TPSA) is 105 Å². The highest BCUT2D eigenvalue weighted by molar-refractivity contribution is 6.31. The number of fused-ring (bicyclic) bond motifs is 1. The lowest BCUT2D eigenvalue weighted by Gasteiger charge is -2.13. The van der Waals surface area contributed by atoms with Crippen molar-refractivity contribution in [1.29, 1.82) is 0 Å². The van der Waals surface area contributed by atoms with Crippen LogP contribution >= 0.6 is 23.2 Å². The van der Waals surface area contributed by atoms with E-state index in [-0.39, 0.29) is 23.2 Å². The first-order chi connectivity index (χ1) is 17.4. The second kappa shape index (κ2) is 11.3. The summed E-state index contributed by atoms with van der Waals surface area (Å²) < 4.78 is 6.52. The predicted molar refractivity (Wildman–Crippen MR) is 143 cm³/mol. The Bertz CT molecular complexity index is 1530. The molecule has 0 saturated heterocycles. The second-order valence-electron chi connectivity index (χ2n) is 8.09. The van der Waals surface area contributed by atoms with Crippen molar-refractivity contribution in [3.8, 4) is 5.75 Å². The Morgan fingerprint density at radius 2 is 1.83 bits per heavy atom. The molecule has 0 atom stereocenters. The third kappa shape index (κ3) is 5.90. The number of hydrogen-bond donors (Lipinski definition) is 3. The molecular formula is C26H24Cl2N4O4. The molecule has 0 aliphatic carbocycles. The molecule has 0 unspecified atom stereocenters. The summed E-state index contributed by atoms with van der Waals surface area (Å²) in [6, 6.07) is 17.2. The normalized spacial score (nSPS) is 10.9. The summed E-state index contributed by atoms with van der Waals surface area (Å²) in [5, 5.41) is 6.95. The SMILES string of the molecule is COc1cc2c(=O)n(CCc3ccccc3Cl)c(=O)[nH]c2cc1NC(=O)NCCc1cccc(Cl)c1. The molecule has 4 aromatic rings. The van der Waals surface area contributed by atoms with E-state index in [2.05, 4.69) is 15.6 Å². The number of aromatic nitrogens is 2. The molecule has 1 aromatic heterocycles. The highest BCUT2D eigenvalue weighted by atomic mass is 35.5. The van der Waals surface area contributed by atoms with Crippen LogP contribution in [0.3, 0.4) is 0 Å². The van der Waals surface area contributed by atoms with Crippen molar-refractivity contribution in [2.75, 3.05) is 19.0 Å². The monoisotopic (exact) mass is 526 g/mol. The van der Waals surface area contributed by atoms with Gasteiger partial charge in [0.05, 0.1) is 23.7 Å². The number of amides is 2. The van der Waals surface area contributed by atoms with E-state index < -0.39 is 17.3 Å². The molecule has 1 heterocycles. The van der Waals surface area contributed by atoms with Crippen LogP contribution in [0.4, 0.5) is 10.5 Å². The van der Waals surface area contributed by atoms with Gasteiger partial charge in [-0.1, -0.05) is 53.5 Å². The van der Waals surface area contributed by atoms with E-state index >= 15 is 0 Å². The van der Waals surface area contributed by atoms with Gasteiger partial charge in [-0.2, -0.15) is 0 Å². The number of nitrogens with one attached hydrogen (secondary N) is 3. The van der Waals surface area contributed by atoms with Gasteiger partial charge >= 0.3 is 11.7 Å². The molecule has 0 saturated carbocycles. The molecule has 3 N–H and O–H groups in total. The maximum Gasteiger partial charge on any atom is 0.328 e. The first kappa shape index (κ1) is 25.3. The zero-order valence-electron chi connectivity index (χ0n) is 19.4. The Kier molecular flexibility index (Phi) is 7.97. The van der Waals surface area contributed by atoms with Crippen molar-refractivity contribution in [3.63, 3.8) is 0 Å². The first-order valence-electron chi connectivity index (χ1n) is 11.2. The van der Waals surface area contributed by atoms with Gasteiger partial charge in [0.1, 0.15) is 5.75 Å². The summed E-state index contributed by atoms with van der Waals surface area (Å²) in [6.45, 7) is 0.542. The first-order valence-corrected chi connectivity index (χ1v) is 12.0. The number of urea groups is 1. The number of ether oxygens (including phenoxy) is 1. The summed E-state index contributed by atoms with van der Waals surface area (Å²) in [5.41, 5.74) is 1.42. The van der Waals surface area contributed by atoms with Gasteiger partial charge < -0.3 is 20.4 Å². The summed E-state index contributed by atoms with van der Waals surface area (Å²) in [4.78, 5) is 41.0. The fourth-order valence-electron chi connectivity index (χ4n) is 3.86. The number of halogens is 2. The van der Waals surface area contributed by atoms with Gasteiger partial charge in [0.15, 0.2) is 0 Å². The van der Waals surface area contributed by atoms with Crippen LogP contribution in [0.15, 0.2) is 70.3 Å². The number of hydrogen-bond acceptors (Lipinski definition) is 4. The molecule has 0 aliphatic rings. The van der Waals surface area contributed by atoms with E-state index in [1.807, 2.05) is 36.4 Å². The maximum absolute atomic E-state index is 13.1. The van der Waals surface area contributed by atoms with Crippen molar-refractivity contribution < 1.29 is 9.53 Å². The molecule has 0 bridgehead atoms. The molecule has 0 fully saturated rings. The van der Waals surface area contributed by atoms with Gasteiger partial charge in [-0.25, -0.2) is 9.59 Å². The Hall–Kier alpha value is -3.75. The summed E-state index contributed by atoms with van der Waals surface area (Å²) >= 11 is 12.2. The summed E-state index contributed by atoms with van der Waals surface area (Å²) in [5.74, 6) is 0.286. The predicted octanol–water partition coefficient (Wildman–Crippen LogP) is 4.61. The van der Waals surface area contributed by atoms with E-state index in [9.17, 15) is 14.4 Å². The molecule has 8 nitrogen and oxygen atoms in total. The molecule has 4 rings (SSSR count). The smallest absolute Gasteiger partial charge is 0.328 e. The molecule has 36 heavy (non-hydrogen) atoms. The standard InChI is InChI=1S/C26H24Cl2N4O4/c1-36-23-14-19-21(15-22(23)30-25(34)29-11-9-16-5-4-7-18(27)13-16)31-26(35)32(24(19)33)12-10-17-6-2-3-8-20(17)28/h2-8,13-15H,9-12H2,1H3,(H,31,35)(H2,29,30,34). The average molecular weight is 527 g/mol. The van der Waals surface area contributed by atoms with Gasteiger partial charge in [0, 0.05) is 23.1 Å². The third-order valence-electron chi connectivity index (χ3n) is 5.70. The number of aryl methyl sites for hydroxylation is 1. The second-order valence-corrected chi connectivity index (χ2v) is 8.93. The number of rotatable bonds is 8. The molecule has 2 amide bonds. The van der Waals surface area contributed by atoms with Crippen LogP contribution in [-0.2, 0) is 19.4 Å². The van der Waals surface area contributed by atoms with Gasteiger partial charge in [-0.05, 0) is 54.3 Å². The minimum absolute atomic E-state index is 0.158. The number of carbonyl (C=O) groups excluding carboxylic acids is 1. The number of anilines is 1. The van der Waals surface area contributed by atoms with E-state index in [1.165, 1.54) is 19.2 Å². The lowest BCUT2D eigenvalue weighted by atomic mass is 10.1. The van der Waals surface area contributed by atoms with Crippen LogP contribution in [0.2, 0.25) is 10.0 Å². The van der Waals surface area contributed by atoms with Crippen LogP contribution in [-0.4, -0.2) is 29.2 Å². The van der Waals surface area contributed by atoms with Gasteiger partial charge in [0.2, 0.25) is 0 Å². The Morgan fingerprint density at radius 3 is 2.58 bits per heavy atom. The van der Waals surface area contributed by atoms with E-state index in [4.69, 9.17) is 27.9 Å². The lowest BCUT2D eigenvalue weighted by Crippen LogP contribution is -2.35. The number of carbonyl (C=O) groups is 1. The molecule has 3 aromatic carbocycles. The zero-order valence-corrected chi connectivity index (χ0v) is 20.9. The van der Waals surface area contributed by atoms with Crippen LogP contribution in [0.25, 0.3) is 10.9 Å². The van der Waals surface area contributed by atoms with Crippen LogP contribution in [0.5, 0.6) is 5.75 Å². The van der Waals surface area contributed by atoms with Crippen molar-refractivity contribution in [2.45, 2.75) is 19.4 Å². The Labute approximate surface area is 216 Å². The fraction of sp³-hybridized carbons (Fsp3) is 0.192. The minimum Gasteiger partial charge on any atom is -0.495 e. The number of nitrogens with zero attached hydrogens (tertiary/aromatic N) is 1. The van der Waals surface area contributed by atoms with Crippen LogP contribution in [0, 0.1) is 0 Å². The van der Waals surface area contributed by atoms with Crippen molar-refractivity contribution >= 4 is 45.8 Å². The highest BCUT2D eigenvalue weighted by Gasteiger charge is 2.14. The van der Waals surface area contributed by atoms with E-state index in [0.717, 1.165) is 15.7 Å². The molecule has 0 radical (unpaired) electrons. The van der Waals surface area contributed by atoms with Crippen molar-refractivity contribution in [1.82, 2.24) is 14.9 Å². The van der Waals surface area contributed by atoms with Crippen molar-refractivity contribution in [2.24, 2.45) is 0 Å². The summed E-state index contributed by atoms with van der Waals surface area (Å²) in [6.07, 6.45) is 1.02. The molecule has 0 spiro atoms. The number of H-pyrrole nitrogens is 1. The Balaban J connectivity index is 1.51. The van der Waals surface area contributed by atoms with E-state index in [0.29, 0.717) is 35.1 Å². The van der Waals surface area contributed by atoms with E-state index in [1.54, 1.807) is 12.1 Å². The zero-order chi connectivity index (χ0) is 25.7. The van der Waals surface area contributed by atoms with Crippen LogP contribution < -0.4 is 26.6 Å². The third-order valence-corrected chi connectivity index (χ3v) is 6.30. The molecule has 0 aliphatic heterocycles. The molecule has 10 heteroatoms.